The Morgan fingerprint density at radius 3 is 2.46 bits per heavy atom. The van der Waals surface area contributed by atoms with Crippen LogP contribution in [0.1, 0.15) is 60.7 Å². The van der Waals surface area contributed by atoms with Crippen LogP contribution in [0, 0.1) is 25.6 Å². The van der Waals surface area contributed by atoms with Crippen molar-refractivity contribution in [1.82, 2.24) is 10.3 Å². The summed E-state index contributed by atoms with van der Waals surface area (Å²) in [6, 6.07) is 1.50. The molecule has 2 aromatic rings. The number of hydrogen-bond acceptors (Lipinski definition) is 8. The Kier molecular flexibility index (Phi) is 9.37. The van der Waals surface area contributed by atoms with Gasteiger partial charge < -0.3 is 31.4 Å². The number of ether oxygens (including phenoxy) is 1. The topological polar surface area (TPSA) is 158 Å². The molecule has 2 aliphatic rings. The summed E-state index contributed by atoms with van der Waals surface area (Å²) in [5.41, 5.74) is 16.5. The largest absolute Gasteiger partial charge is 0.481 e. The number of rotatable bonds is 8. The molecule has 2 unspecified atom stereocenters. The number of aromatic nitrogens is 1. The molecule has 0 amide bonds. The molecule has 0 spiro atoms. The van der Waals surface area contributed by atoms with Gasteiger partial charge in [0.2, 0.25) is 0 Å². The lowest BCUT2D eigenvalue weighted by Crippen LogP contribution is -2.58. The van der Waals surface area contributed by atoms with Crippen molar-refractivity contribution in [3.8, 4) is 0 Å². The third-order valence-corrected chi connectivity index (χ3v) is 7.55. The van der Waals surface area contributed by atoms with E-state index in [1.807, 2.05) is 14.0 Å². The van der Waals surface area contributed by atoms with E-state index in [2.05, 4.69) is 10.1 Å². The molecule has 1 aromatic heterocycles. The van der Waals surface area contributed by atoms with Crippen LogP contribution in [0.3, 0.4) is 0 Å². The Hall–Kier alpha value is -3.47. The highest BCUT2D eigenvalue weighted by molar-refractivity contribution is 5.92. The van der Waals surface area contributed by atoms with Gasteiger partial charge in [0, 0.05) is 17.5 Å². The van der Waals surface area contributed by atoms with Crippen LogP contribution in [0.15, 0.2) is 23.3 Å². The second-order valence-corrected chi connectivity index (χ2v) is 10.2. The second kappa shape index (κ2) is 12.1. The predicted octanol–water partition coefficient (Wildman–Crippen LogP) is 3.04. The fraction of sp³-hybridized carbons (Fsp3) is 0.448. The number of carbonyl (C=O) groups is 3. The first-order valence-electron chi connectivity index (χ1n) is 12.9. The van der Waals surface area contributed by atoms with Crippen LogP contribution in [-0.2, 0) is 25.5 Å². The highest BCUT2D eigenvalue weighted by Gasteiger charge is 2.33. The number of carboxylic acids is 1. The van der Waals surface area contributed by atoms with E-state index in [4.69, 9.17) is 16.5 Å². The van der Waals surface area contributed by atoms with E-state index < -0.39 is 17.4 Å². The monoisotopic (exact) mass is 540 g/mol. The first-order valence-corrected chi connectivity index (χ1v) is 12.9. The molecule has 1 fully saturated rings. The Balaban J connectivity index is 0.000000520. The number of aryl methyl sites for hydroxylation is 1. The third-order valence-electron chi connectivity index (χ3n) is 7.55. The molecule has 9 nitrogen and oxygen atoms in total. The van der Waals surface area contributed by atoms with Crippen molar-refractivity contribution in [1.29, 1.82) is 0 Å². The van der Waals surface area contributed by atoms with Gasteiger partial charge in [-0.05, 0) is 86.6 Å². The van der Waals surface area contributed by atoms with Crippen LogP contribution in [0.4, 0.5) is 4.39 Å². The van der Waals surface area contributed by atoms with Crippen molar-refractivity contribution in [2.45, 2.75) is 58.5 Å². The average molecular weight is 541 g/mol. The molecule has 6 N–H and O–H groups in total. The number of nitrogens with one attached hydrogen (secondary N) is 1. The van der Waals surface area contributed by atoms with E-state index in [1.54, 1.807) is 20.8 Å². The zero-order valence-electron chi connectivity index (χ0n) is 23.1. The summed E-state index contributed by atoms with van der Waals surface area (Å²) in [5, 5.41) is 13.9. The van der Waals surface area contributed by atoms with Crippen molar-refractivity contribution >= 4 is 35.1 Å². The maximum absolute atomic E-state index is 14.7. The fourth-order valence-electron chi connectivity index (χ4n) is 5.17. The number of hydrogen-bond donors (Lipinski definition) is 4. The maximum atomic E-state index is 14.7. The van der Waals surface area contributed by atoms with Crippen LogP contribution in [0.2, 0.25) is 0 Å². The Labute approximate surface area is 227 Å². The van der Waals surface area contributed by atoms with Crippen molar-refractivity contribution in [2.24, 2.45) is 17.4 Å². The van der Waals surface area contributed by atoms with Gasteiger partial charge in [0.25, 0.3) is 0 Å². The van der Waals surface area contributed by atoms with E-state index in [-0.39, 0.29) is 17.6 Å². The molecular weight excluding hydrogens is 503 g/mol. The zero-order chi connectivity index (χ0) is 29.1. The normalized spacial score (nSPS) is 19.3. The number of aliphatic carboxylic acids is 1. The van der Waals surface area contributed by atoms with Crippen LogP contribution in [-0.4, -0.2) is 54.4 Å². The molecular formula is C29H37FN4O5. The lowest BCUT2D eigenvalue weighted by atomic mass is 9.81. The predicted molar refractivity (Wildman–Crippen MR) is 147 cm³/mol. The van der Waals surface area contributed by atoms with Crippen molar-refractivity contribution in [2.75, 3.05) is 20.3 Å². The van der Waals surface area contributed by atoms with Gasteiger partial charge in [-0.2, -0.15) is 0 Å². The highest BCUT2D eigenvalue weighted by Crippen LogP contribution is 2.40. The summed E-state index contributed by atoms with van der Waals surface area (Å²) >= 11 is 0. The van der Waals surface area contributed by atoms with Crippen molar-refractivity contribution in [3.63, 3.8) is 0 Å². The van der Waals surface area contributed by atoms with Gasteiger partial charge in [-0.1, -0.05) is 6.92 Å². The molecule has 2 atom stereocenters. The summed E-state index contributed by atoms with van der Waals surface area (Å²) in [6.45, 7) is 7.81. The van der Waals surface area contributed by atoms with Crippen LogP contribution in [0.5, 0.6) is 0 Å². The summed E-state index contributed by atoms with van der Waals surface area (Å²) in [4.78, 5) is 37.8. The number of carbonyl (C=O) groups excluding carboxylic acids is 2. The number of pyridine rings is 1. The molecule has 1 saturated heterocycles. The molecule has 1 aromatic carbocycles. The standard InChI is InChI=1S/C25H30FN3O3.C4H7NO2/c1-6-15(25(31)32)17(12(2)11-30)9-19(27)24-14(4)22-20(28-5)8-7-16-13(3)18(26)10-21(29-24)23(16)22;5-4(1-6)2-7-3-4/h9-11,15,20,28H,6-8,27H2,1-5H3,(H,31,32);1H,2-3,5H2/b17-12+,19-9-;. The maximum Gasteiger partial charge on any atom is 0.310 e. The molecule has 0 radical (unpaired) electrons. The molecule has 0 saturated carbocycles. The fourth-order valence-corrected chi connectivity index (χ4v) is 5.17. The molecule has 1 aliphatic carbocycles. The van der Waals surface area contributed by atoms with Crippen LogP contribution in [0.25, 0.3) is 16.6 Å². The summed E-state index contributed by atoms with van der Waals surface area (Å²) < 4.78 is 19.3. The van der Waals surface area contributed by atoms with Gasteiger partial charge in [0.15, 0.2) is 0 Å². The van der Waals surface area contributed by atoms with Gasteiger partial charge in [0.1, 0.15) is 23.9 Å². The highest BCUT2D eigenvalue weighted by atomic mass is 19.1. The molecule has 39 heavy (non-hydrogen) atoms. The molecule has 0 bridgehead atoms. The lowest BCUT2D eigenvalue weighted by molar-refractivity contribution is -0.140. The number of allylic oxidation sites excluding steroid dienone is 2. The first kappa shape index (κ1) is 30.1. The quantitative estimate of drug-likeness (QED) is 0.224. The van der Waals surface area contributed by atoms with E-state index in [0.717, 1.165) is 41.2 Å². The van der Waals surface area contributed by atoms with E-state index in [0.29, 0.717) is 53.8 Å². The Bertz CT molecular complexity index is 1360. The zero-order valence-corrected chi connectivity index (χ0v) is 23.1. The van der Waals surface area contributed by atoms with E-state index >= 15 is 0 Å². The second-order valence-electron chi connectivity index (χ2n) is 10.2. The third kappa shape index (κ3) is 5.93. The van der Waals surface area contributed by atoms with Gasteiger partial charge in [-0.15, -0.1) is 0 Å². The van der Waals surface area contributed by atoms with E-state index in [9.17, 15) is 23.9 Å². The smallest absolute Gasteiger partial charge is 0.310 e. The number of aldehydes is 2. The molecule has 2 heterocycles. The lowest BCUT2D eigenvalue weighted by Gasteiger charge is -2.31. The van der Waals surface area contributed by atoms with Gasteiger partial charge in [0.05, 0.1) is 36.0 Å². The molecule has 210 valence electrons. The van der Waals surface area contributed by atoms with Gasteiger partial charge in [-0.3, -0.25) is 9.59 Å². The molecule has 1 aliphatic heterocycles. The number of carboxylic acid groups (broad SMARTS) is 1. The van der Waals surface area contributed by atoms with Gasteiger partial charge in [-0.25, -0.2) is 9.37 Å². The minimum Gasteiger partial charge on any atom is -0.481 e. The van der Waals surface area contributed by atoms with Crippen LogP contribution < -0.4 is 16.8 Å². The Morgan fingerprint density at radius 2 is 2.00 bits per heavy atom. The van der Waals surface area contributed by atoms with E-state index in [1.165, 1.54) is 12.1 Å². The summed E-state index contributed by atoms with van der Waals surface area (Å²) in [7, 11) is 1.89. The number of nitrogens with two attached hydrogens (primary N) is 2. The molecule has 10 heteroatoms. The Morgan fingerprint density at radius 1 is 1.33 bits per heavy atom. The van der Waals surface area contributed by atoms with Gasteiger partial charge >= 0.3 is 5.97 Å². The SMILES string of the molecule is CCC(C(=O)O)C(/C=C(\N)c1nc2cc(F)c(C)c3c2c(c1C)C(NC)CC3)=C(\C)C=O.NC1(C=O)COC1. The summed E-state index contributed by atoms with van der Waals surface area (Å²) in [5.74, 6) is -2.20. The number of benzene rings is 1. The number of nitrogens with zero attached hydrogens (tertiary/aromatic N) is 1. The molecule has 4 rings (SSSR count). The van der Waals surface area contributed by atoms with Crippen molar-refractivity contribution in [3.05, 3.63) is 57.1 Å². The average Bonchev–Trinajstić information content (AvgIpc) is 2.90. The summed E-state index contributed by atoms with van der Waals surface area (Å²) in [6.07, 6.45) is 4.79. The first-order chi connectivity index (χ1) is 18.4. The van der Waals surface area contributed by atoms with Crippen molar-refractivity contribution < 1.29 is 28.6 Å². The minimum atomic E-state index is -1.02. The minimum absolute atomic E-state index is 0.0681. The van der Waals surface area contributed by atoms with Crippen LogP contribution >= 0.6 is 0 Å². The number of halogens is 1.